The average Bonchev–Trinajstić information content (AvgIpc) is 2.62. The molecule has 134 valence electrons. The molecule has 0 aliphatic rings. The van der Waals surface area contributed by atoms with E-state index in [-0.39, 0.29) is 23.0 Å². The van der Waals surface area contributed by atoms with Crippen LogP contribution in [0.5, 0.6) is 0 Å². The van der Waals surface area contributed by atoms with Crippen LogP contribution < -0.4 is 5.56 Å². The van der Waals surface area contributed by atoms with Crippen molar-refractivity contribution in [1.29, 1.82) is 0 Å². The molecule has 0 saturated carbocycles. The number of aromatic nitrogens is 2. The van der Waals surface area contributed by atoms with Gasteiger partial charge in [0.1, 0.15) is 5.82 Å². The van der Waals surface area contributed by atoms with Crippen LogP contribution in [0.15, 0.2) is 58.5 Å². The lowest BCUT2D eigenvalue weighted by Crippen LogP contribution is -2.25. The van der Waals surface area contributed by atoms with E-state index in [1.165, 1.54) is 30.0 Å². The molecule has 6 heteroatoms. The van der Waals surface area contributed by atoms with Gasteiger partial charge < -0.3 is 0 Å². The van der Waals surface area contributed by atoms with Gasteiger partial charge in [-0.25, -0.2) is 9.37 Å². The second-order valence-corrected chi connectivity index (χ2v) is 7.39. The fourth-order valence-corrected chi connectivity index (χ4v) is 3.56. The third-order valence-electron chi connectivity index (χ3n) is 3.85. The van der Waals surface area contributed by atoms with Gasteiger partial charge in [0.15, 0.2) is 10.9 Å². The summed E-state index contributed by atoms with van der Waals surface area (Å²) in [6.45, 7) is 4.56. The highest BCUT2D eigenvalue weighted by molar-refractivity contribution is 7.99. The Labute approximate surface area is 155 Å². The Kier molecular flexibility index (Phi) is 5.52. The van der Waals surface area contributed by atoms with Crippen LogP contribution in [0.3, 0.4) is 0 Å². The van der Waals surface area contributed by atoms with Crippen LogP contribution >= 0.6 is 11.8 Å². The van der Waals surface area contributed by atoms with Gasteiger partial charge >= 0.3 is 0 Å². The molecule has 0 saturated heterocycles. The van der Waals surface area contributed by atoms with Crippen LogP contribution in [0.1, 0.15) is 24.2 Å². The minimum Gasteiger partial charge on any atom is -0.293 e. The molecule has 4 nitrogen and oxygen atoms in total. The number of hydrogen-bond acceptors (Lipinski definition) is 4. The first kappa shape index (κ1) is 18.3. The highest BCUT2D eigenvalue weighted by Gasteiger charge is 2.15. The fourth-order valence-electron chi connectivity index (χ4n) is 2.66. The van der Waals surface area contributed by atoms with Crippen LogP contribution in [0.2, 0.25) is 0 Å². The first-order valence-electron chi connectivity index (χ1n) is 8.37. The summed E-state index contributed by atoms with van der Waals surface area (Å²) in [5.74, 6) is -0.296. The Morgan fingerprint density at radius 3 is 2.69 bits per heavy atom. The lowest BCUT2D eigenvalue weighted by Gasteiger charge is -2.14. The first-order valence-corrected chi connectivity index (χ1v) is 9.35. The Hall–Kier alpha value is -2.47. The van der Waals surface area contributed by atoms with Crippen molar-refractivity contribution >= 4 is 28.4 Å². The monoisotopic (exact) mass is 370 g/mol. The molecule has 3 rings (SSSR count). The highest BCUT2D eigenvalue weighted by atomic mass is 32.2. The van der Waals surface area contributed by atoms with E-state index in [0.717, 1.165) is 0 Å². The predicted octanol–water partition coefficient (Wildman–Crippen LogP) is 4.17. The Balaban J connectivity index is 1.93. The average molecular weight is 370 g/mol. The molecule has 0 unspecified atom stereocenters. The zero-order chi connectivity index (χ0) is 18.7. The highest BCUT2D eigenvalue weighted by Crippen LogP contribution is 2.20. The van der Waals surface area contributed by atoms with Crippen LogP contribution in [-0.2, 0) is 6.54 Å². The summed E-state index contributed by atoms with van der Waals surface area (Å²) in [6.07, 6.45) is 0. The van der Waals surface area contributed by atoms with E-state index in [4.69, 9.17) is 0 Å². The fraction of sp³-hybridized carbons (Fsp3) is 0.250. The first-order chi connectivity index (χ1) is 12.5. The summed E-state index contributed by atoms with van der Waals surface area (Å²) in [5, 5.41) is 1.07. The number of para-hydroxylation sites is 1. The number of rotatable bonds is 6. The number of ketones is 1. The number of nitrogens with zero attached hydrogens (tertiary/aromatic N) is 2. The zero-order valence-electron chi connectivity index (χ0n) is 14.6. The molecule has 0 spiro atoms. The normalized spacial score (nSPS) is 11.2. The molecule has 0 bridgehead atoms. The molecule has 0 atom stereocenters. The molecule has 2 aromatic carbocycles. The van der Waals surface area contributed by atoms with Crippen molar-refractivity contribution in [2.45, 2.75) is 25.5 Å². The van der Waals surface area contributed by atoms with Crippen molar-refractivity contribution < 1.29 is 9.18 Å². The summed E-state index contributed by atoms with van der Waals surface area (Å²) in [4.78, 5) is 29.7. The maximum Gasteiger partial charge on any atom is 0.262 e. The molecule has 0 radical (unpaired) electrons. The molecule has 0 aliphatic heterocycles. The summed E-state index contributed by atoms with van der Waals surface area (Å²) >= 11 is 1.21. The van der Waals surface area contributed by atoms with Gasteiger partial charge in [-0.15, -0.1) is 0 Å². The molecule has 0 amide bonds. The molecule has 1 aromatic heterocycles. The Morgan fingerprint density at radius 1 is 1.19 bits per heavy atom. The minimum atomic E-state index is -0.443. The number of carbonyl (C=O) groups is 1. The van der Waals surface area contributed by atoms with Gasteiger partial charge in [-0.2, -0.15) is 0 Å². The number of benzene rings is 2. The predicted molar refractivity (Wildman–Crippen MR) is 102 cm³/mol. The van der Waals surface area contributed by atoms with Gasteiger partial charge in [-0.3, -0.25) is 14.2 Å². The lowest BCUT2D eigenvalue weighted by atomic mass is 10.1. The van der Waals surface area contributed by atoms with E-state index in [9.17, 15) is 14.0 Å². The second kappa shape index (κ2) is 7.83. The topological polar surface area (TPSA) is 52.0 Å². The summed E-state index contributed by atoms with van der Waals surface area (Å²) in [5.41, 5.74) is 0.819. The lowest BCUT2D eigenvalue weighted by molar-refractivity contribution is 0.102. The third kappa shape index (κ3) is 4.02. The van der Waals surface area contributed by atoms with E-state index < -0.39 is 5.82 Å². The van der Waals surface area contributed by atoms with Gasteiger partial charge in [0.2, 0.25) is 0 Å². The Morgan fingerprint density at radius 2 is 1.96 bits per heavy atom. The number of thioether (sulfide) groups is 1. The van der Waals surface area contributed by atoms with Gasteiger partial charge in [-0.05, 0) is 30.2 Å². The number of Topliss-reactive ketones (excluding diaryl/α,β-unsaturated/α-hetero) is 1. The van der Waals surface area contributed by atoms with E-state index in [1.54, 1.807) is 22.8 Å². The summed E-state index contributed by atoms with van der Waals surface area (Å²) < 4.78 is 14.9. The molecular formula is C20H19FN2O2S. The van der Waals surface area contributed by atoms with Gasteiger partial charge in [0.05, 0.1) is 16.7 Å². The molecule has 0 aliphatic carbocycles. The smallest absolute Gasteiger partial charge is 0.262 e. The van der Waals surface area contributed by atoms with Crippen molar-refractivity contribution in [3.05, 3.63) is 70.3 Å². The minimum absolute atomic E-state index is 0.0896. The van der Waals surface area contributed by atoms with Crippen LogP contribution in [-0.4, -0.2) is 21.1 Å². The van der Waals surface area contributed by atoms with Gasteiger partial charge in [0.25, 0.3) is 5.56 Å². The molecule has 1 heterocycles. The van der Waals surface area contributed by atoms with Crippen molar-refractivity contribution in [2.75, 3.05) is 5.75 Å². The van der Waals surface area contributed by atoms with Crippen molar-refractivity contribution in [1.82, 2.24) is 9.55 Å². The van der Waals surface area contributed by atoms with Crippen LogP contribution in [0.4, 0.5) is 4.39 Å². The number of halogens is 1. The number of fused-ring (bicyclic) bond motifs is 1. The summed E-state index contributed by atoms with van der Waals surface area (Å²) in [7, 11) is 0. The maximum atomic E-state index is 13.3. The van der Waals surface area contributed by atoms with Crippen molar-refractivity contribution in [3.8, 4) is 0 Å². The van der Waals surface area contributed by atoms with Crippen LogP contribution in [0.25, 0.3) is 10.9 Å². The van der Waals surface area contributed by atoms with Gasteiger partial charge in [0, 0.05) is 12.1 Å². The quantitative estimate of drug-likeness (QED) is 0.371. The van der Waals surface area contributed by atoms with Crippen molar-refractivity contribution in [2.24, 2.45) is 5.92 Å². The van der Waals surface area contributed by atoms with E-state index in [1.807, 2.05) is 26.0 Å². The maximum absolute atomic E-state index is 13.3. The molecule has 0 N–H and O–H groups in total. The third-order valence-corrected chi connectivity index (χ3v) is 4.83. The number of carbonyl (C=O) groups excluding carboxylic acids is 1. The van der Waals surface area contributed by atoms with Crippen molar-refractivity contribution in [3.63, 3.8) is 0 Å². The molecule has 26 heavy (non-hydrogen) atoms. The van der Waals surface area contributed by atoms with E-state index in [0.29, 0.717) is 28.2 Å². The SMILES string of the molecule is CC(C)Cn1c(SCC(=O)c2cccc(F)c2)nc2ccccc2c1=O. The van der Waals surface area contributed by atoms with E-state index >= 15 is 0 Å². The molecular weight excluding hydrogens is 351 g/mol. The Bertz CT molecular complexity index is 1010. The summed E-state index contributed by atoms with van der Waals surface area (Å²) in [6, 6.07) is 12.8. The van der Waals surface area contributed by atoms with Gasteiger partial charge in [-0.1, -0.05) is 49.9 Å². The van der Waals surface area contributed by atoms with E-state index in [2.05, 4.69) is 4.98 Å². The van der Waals surface area contributed by atoms with Crippen LogP contribution in [0, 0.1) is 11.7 Å². The second-order valence-electron chi connectivity index (χ2n) is 6.44. The largest absolute Gasteiger partial charge is 0.293 e. The zero-order valence-corrected chi connectivity index (χ0v) is 15.4. The standard InChI is InChI=1S/C20H19FN2O2S/c1-13(2)11-23-19(25)16-8-3-4-9-17(16)22-20(23)26-12-18(24)14-6-5-7-15(21)10-14/h3-10,13H,11-12H2,1-2H3. The number of hydrogen-bond donors (Lipinski definition) is 0. The molecule has 0 fully saturated rings. The molecule has 3 aromatic rings.